The van der Waals surface area contributed by atoms with Gasteiger partial charge in [-0.1, -0.05) is 24.6 Å². The number of pyridine rings is 1. The molecule has 2 aromatic carbocycles. The first-order valence-electron chi connectivity index (χ1n) is 12.1. The molecular weight excluding hydrogens is 593 g/mol. The fraction of sp³-hybridized carbons (Fsp3) is 0.259. The van der Waals surface area contributed by atoms with E-state index in [1.165, 1.54) is 24.3 Å². The number of benzene rings is 2. The molecule has 226 valence electrons. The monoisotopic (exact) mass is 617 g/mol. The number of aromatic nitrogens is 1. The van der Waals surface area contributed by atoms with Crippen LogP contribution in [0.2, 0.25) is 5.02 Å². The maximum atomic E-state index is 14.3. The van der Waals surface area contributed by atoms with Gasteiger partial charge in [-0.15, -0.1) is 0 Å². The lowest BCUT2D eigenvalue weighted by Gasteiger charge is -2.29. The van der Waals surface area contributed by atoms with Gasteiger partial charge in [-0.3, -0.25) is 9.78 Å². The molecular formula is C27H25ClF5N3O6. The van der Waals surface area contributed by atoms with Gasteiger partial charge >= 0.3 is 18.1 Å². The Labute approximate surface area is 241 Å². The van der Waals surface area contributed by atoms with Crippen LogP contribution in [0.1, 0.15) is 29.3 Å². The van der Waals surface area contributed by atoms with Crippen molar-refractivity contribution in [2.45, 2.75) is 32.1 Å². The molecule has 1 heterocycles. The topological polar surface area (TPSA) is 129 Å². The van der Waals surface area contributed by atoms with Gasteiger partial charge in [0.1, 0.15) is 30.0 Å². The summed E-state index contributed by atoms with van der Waals surface area (Å²) < 4.78 is 65.1. The second kappa shape index (κ2) is 15.5. The van der Waals surface area contributed by atoms with Crippen LogP contribution in [-0.4, -0.2) is 63.3 Å². The number of anilines is 1. The molecule has 1 amide bonds. The predicted octanol–water partition coefficient (Wildman–Crippen LogP) is 5.64. The SMILES string of the molecule is CCC(C(=O)O)N(Cc1ccc(F)cc1F)C(=O)c1cc(Cl)cc(OCCNc2ccncc2)c1.O=C(O)C(F)(F)F. The molecule has 0 saturated carbocycles. The van der Waals surface area contributed by atoms with Crippen LogP contribution in [-0.2, 0) is 16.1 Å². The number of carbonyl (C=O) groups excluding carboxylic acids is 1. The summed E-state index contributed by atoms with van der Waals surface area (Å²) in [4.78, 5) is 39.1. The molecule has 0 aliphatic rings. The minimum absolute atomic E-state index is 0.0138. The van der Waals surface area contributed by atoms with Crippen molar-refractivity contribution in [3.63, 3.8) is 0 Å². The van der Waals surface area contributed by atoms with Crippen molar-refractivity contribution in [3.8, 4) is 5.75 Å². The lowest BCUT2D eigenvalue weighted by Crippen LogP contribution is -2.44. The van der Waals surface area contributed by atoms with Gasteiger partial charge in [-0.25, -0.2) is 18.4 Å². The van der Waals surface area contributed by atoms with Crippen molar-refractivity contribution in [1.29, 1.82) is 0 Å². The van der Waals surface area contributed by atoms with Gasteiger partial charge in [0, 0.05) is 53.4 Å². The normalized spacial score (nSPS) is 11.5. The Kier molecular flexibility index (Phi) is 12.5. The fourth-order valence-corrected chi connectivity index (χ4v) is 3.68. The molecule has 0 bridgehead atoms. The molecule has 1 atom stereocenters. The van der Waals surface area contributed by atoms with Crippen LogP contribution < -0.4 is 10.1 Å². The van der Waals surface area contributed by atoms with E-state index in [1.807, 2.05) is 0 Å². The Morgan fingerprint density at radius 2 is 1.69 bits per heavy atom. The molecule has 9 nitrogen and oxygen atoms in total. The molecule has 0 aliphatic heterocycles. The molecule has 1 unspecified atom stereocenters. The van der Waals surface area contributed by atoms with E-state index < -0.39 is 41.7 Å². The first-order chi connectivity index (χ1) is 19.7. The number of nitrogens with zero attached hydrogens (tertiary/aromatic N) is 2. The van der Waals surface area contributed by atoms with Crippen LogP contribution in [0.4, 0.5) is 27.6 Å². The molecule has 42 heavy (non-hydrogen) atoms. The van der Waals surface area contributed by atoms with Crippen molar-refractivity contribution in [2.75, 3.05) is 18.5 Å². The summed E-state index contributed by atoms with van der Waals surface area (Å²) in [6, 6.07) is 9.66. The number of rotatable bonds is 11. The number of alkyl halides is 3. The minimum Gasteiger partial charge on any atom is -0.492 e. The highest BCUT2D eigenvalue weighted by molar-refractivity contribution is 6.31. The van der Waals surface area contributed by atoms with Crippen molar-refractivity contribution in [2.24, 2.45) is 0 Å². The quantitative estimate of drug-likeness (QED) is 0.186. The number of hydrogen-bond donors (Lipinski definition) is 3. The van der Waals surface area contributed by atoms with Crippen molar-refractivity contribution in [3.05, 3.63) is 88.7 Å². The Hall–Kier alpha value is -4.46. The molecule has 0 aliphatic carbocycles. The van der Waals surface area contributed by atoms with Crippen molar-refractivity contribution >= 4 is 35.1 Å². The van der Waals surface area contributed by atoms with Gasteiger partial charge in [-0.2, -0.15) is 13.2 Å². The number of carboxylic acid groups (broad SMARTS) is 2. The Morgan fingerprint density at radius 3 is 2.24 bits per heavy atom. The van der Waals surface area contributed by atoms with E-state index in [9.17, 15) is 36.6 Å². The van der Waals surface area contributed by atoms with Gasteiger partial charge in [0.15, 0.2) is 0 Å². The second-order valence-electron chi connectivity index (χ2n) is 8.42. The highest BCUT2D eigenvalue weighted by Crippen LogP contribution is 2.25. The highest BCUT2D eigenvalue weighted by Gasteiger charge is 2.38. The molecule has 3 N–H and O–H groups in total. The van der Waals surface area contributed by atoms with Gasteiger partial charge < -0.3 is 25.2 Å². The lowest BCUT2D eigenvalue weighted by molar-refractivity contribution is -0.192. The molecule has 0 radical (unpaired) electrons. The smallest absolute Gasteiger partial charge is 0.490 e. The highest BCUT2D eigenvalue weighted by atomic mass is 35.5. The predicted molar refractivity (Wildman–Crippen MR) is 141 cm³/mol. The number of ether oxygens (including phenoxy) is 1. The van der Waals surface area contributed by atoms with Crippen LogP contribution in [0, 0.1) is 11.6 Å². The van der Waals surface area contributed by atoms with Crippen LogP contribution in [0.25, 0.3) is 0 Å². The molecule has 3 rings (SSSR count). The molecule has 3 aromatic rings. The largest absolute Gasteiger partial charge is 0.492 e. The number of hydrogen-bond acceptors (Lipinski definition) is 6. The van der Waals surface area contributed by atoms with Crippen LogP contribution >= 0.6 is 11.6 Å². The van der Waals surface area contributed by atoms with Gasteiger partial charge in [0.2, 0.25) is 0 Å². The van der Waals surface area contributed by atoms with Gasteiger partial charge in [0.25, 0.3) is 5.91 Å². The number of amides is 1. The summed E-state index contributed by atoms with van der Waals surface area (Å²) in [6.45, 7) is 1.96. The summed E-state index contributed by atoms with van der Waals surface area (Å²) >= 11 is 6.19. The zero-order chi connectivity index (χ0) is 31.4. The van der Waals surface area contributed by atoms with Gasteiger partial charge in [-0.05, 0) is 42.8 Å². The summed E-state index contributed by atoms with van der Waals surface area (Å²) in [5, 5.41) is 20.2. The van der Waals surface area contributed by atoms with Crippen molar-refractivity contribution in [1.82, 2.24) is 9.88 Å². The number of aliphatic carboxylic acids is 2. The minimum atomic E-state index is -5.08. The van der Waals surface area contributed by atoms with E-state index in [0.717, 1.165) is 16.7 Å². The third-order valence-electron chi connectivity index (χ3n) is 5.41. The molecule has 0 spiro atoms. The maximum absolute atomic E-state index is 14.3. The zero-order valence-corrected chi connectivity index (χ0v) is 22.6. The number of halogens is 6. The van der Waals surface area contributed by atoms with Crippen LogP contribution in [0.5, 0.6) is 5.75 Å². The average molecular weight is 618 g/mol. The lowest BCUT2D eigenvalue weighted by atomic mass is 10.1. The van der Waals surface area contributed by atoms with Crippen LogP contribution in [0.3, 0.4) is 0 Å². The number of carboxylic acids is 2. The standard InChI is InChI=1S/C25H24ClF2N3O4.C2HF3O2/c1-2-23(25(33)34)31(15-16-3-4-19(27)14-22(16)28)24(32)17-11-18(26)13-21(12-17)35-10-9-30-20-5-7-29-8-6-20;3-2(4,5)1(6)7/h3-8,11-14,23H,2,9-10,15H2,1H3,(H,29,30)(H,33,34);(H,6,7). The average Bonchev–Trinajstić information content (AvgIpc) is 2.91. The van der Waals surface area contributed by atoms with Crippen LogP contribution in [0.15, 0.2) is 60.9 Å². The number of nitrogens with one attached hydrogen (secondary N) is 1. The Bertz CT molecular complexity index is 1380. The van der Waals surface area contributed by atoms with E-state index in [1.54, 1.807) is 31.5 Å². The summed E-state index contributed by atoms with van der Waals surface area (Å²) in [7, 11) is 0. The van der Waals surface area contributed by atoms with E-state index in [4.69, 9.17) is 26.2 Å². The summed E-state index contributed by atoms with van der Waals surface area (Å²) in [5.74, 6) is -6.01. The molecule has 1 aromatic heterocycles. The molecule has 0 saturated heterocycles. The Balaban J connectivity index is 0.000000782. The van der Waals surface area contributed by atoms with E-state index in [2.05, 4.69) is 10.3 Å². The zero-order valence-electron chi connectivity index (χ0n) is 21.9. The van der Waals surface area contributed by atoms with Crippen molar-refractivity contribution < 1.29 is 51.3 Å². The summed E-state index contributed by atoms with van der Waals surface area (Å²) in [5.41, 5.74) is 0.936. The molecule has 15 heteroatoms. The van der Waals surface area contributed by atoms with E-state index in [0.29, 0.717) is 18.4 Å². The fourth-order valence-electron chi connectivity index (χ4n) is 3.45. The Morgan fingerprint density at radius 1 is 1.05 bits per heavy atom. The first-order valence-corrected chi connectivity index (χ1v) is 12.5. The van der Waals surface area contributed by atoms with E-state index in [-0.39, 0.29) is 35.7 Å². The second-order valence-corrected chi connectivity index (χ2v) is 8.86. The number of carbonyl (C=O) groups is 3. The van der Waals surface area contributed by atoms with Gasteiger partial charge in [0.05, 0.1) is 0 Å². The molecule has 0 fully saturated rings. The maximum Gasteiger partial charge on any atom is 0.490 e. The summed E-state index contributed by atoms with van der Waals surface area (Å²) in [6.07, 6.45) is -1.70. The first kappa shape index (κ1) is 33.7. The third-order valence-corrected chi connectivity index (χ3v) is 5.62. The van der Waals surface area contributed by atoms with E-state index >= 15 is 0 Å². The third kappa shape index (κ3) is 10.5.